The normalized spacial score (nSPS) is 13.0. The second-order valence-electron chi connectivity index (χ2n) is 5.66. The van der Waals surface area contributed by atoms with Crippen LogP contribution < -0.4 is 5.32 Å². The molecular weight excluding hydrogens is 248 g/mol. The lowest BCUT2D eigenvalue weighted by Gasteiger charge is -2.18. The summed E-state index contributed by atoms with van der Waals surface area (Å²) in [7, 11) is 4.17. The molecule has 0 aliphatic heterocycles. The first kappa shape index (κ1) is 14.8. The van der Waals surface area contributed by atoms with Crippen LogP contribution in [0.3, 0.4) is 0 Å². The fourth-order valence-electron chi connectivity index (χ4n) is 2.34. The molecule has 0 aliphatic carbocycles. The van der Waals surface area contributed by atoms with Gasteiger partial charge in [0, 0.05) is 18.2 Å². The minimum atomic E-state index is 0.371. The van der Waals surface area contributed by atoms with Gasteiger partial charge in [0.2, 0.25) is 0 Å². The average molecular weight is 272 g/mol. The summed E-state index contributed by atoms with van der Waals surface area (Å²) < 4.78 is 0. The number of phenolic OH excluding ortho intramolecular Hbond substituents is 1. The van der Waals surface area contributed by atoms with Crippen LogP contribution in [0, 0.1) is 0 Å². The SMILES string of the molecule is CC(CCN(C)C)NCc1c(O)ccc2ccccc12. The smallest absolute Gasteiger partial charge is 0.120 e. The Balaban J connectivity index is 2.07. The van der Waals surface area contributed by atoms with Gasteiger partial charge in [-0.15, -0.1) is 0 Å². The van der Waals surface area contributed by atoms with Gasteiger partial charge in [0.25, 0.3) is 0 Å². The Morgan fingerprint density at radius 2 is 1.90 bits per heavy atom. The second-order valence-corrected chi connectivity index (χ2v) is 5.66. The summed E-state index contributed by atoms with van der Waals surface area (Å²) in [6.07, 6.45) is 1.10. The molecule has 3 nitrogen and oxygen atoms in total. The third kappa shape index (κ3) is 3.71. The fraction of sp³-hybridized carbons (Fsp3) is 0.412. The van der Waals surface area contributed by atoms with Crippen molar-refractivity contribution in [3.05, 3.63) is 42.0 Å². The molecule has 0 saturated carbocycles. The first-order valence-electron chi connectivity index (χ1n) is 7.15. The molecule has 0 saturated heterocycles. The van der Waals surface area contributed by atoms with Gasteiger partial charge in [-0.1, -0.05) is 30.3 Å². The fourth-order valence-corrected chi connectivity index (χ4v) is 2.34. The van der Waals surface area contributed by atoms with Gasteiger partial charge in [-0.2, -0.15) is 0 Å². The van der Waals surface area contributed by atoms with Crippen LogP contribution >= 0.6 is 0 Å². The largest absolute Gasteiger partial charge is 0.508 e. The summed E-state index contributed by atoms with van der Waals surface area (Å²) in [6.45, 7) is 3.95. The lowest BCUT2D eigenvalue weighted by molar-refractivity contribution is 0.364. The topological polar surface area (TPSA) is 35.5 Å². The van der Waals surface area contributed by atoms with Gasteiger partial charge in [0.05, 0.1) is 0 Å². The molecule has 0 heterocycles. The Morgan fingerprint density at radius 1 is 1.15 bits per heavy atom. The Hall–Kier alpha value is -1.58. The van der Waals surface area contributed by atoms with E-state index in [0.717, 1.165) is 23.9 Å². The molecule has 3 heteroatoms. The summed E-state index contributed by atoms with van der Waals surface area (Å²) >= 11 is 0. The highest BCUT2D eigenvalue weighted by Crippen LogP contribution is 2.26. The maximum Gasteiger partial charge on any atom is 0.120 e. The van der Waals surface area contributed by atoms with Crippen molar-refractivity contribution < 1.29 is 5.11 Å². The summed E-state index contributed by atoms with van der Waals surface area (Å²) in [5, 5.41) is 15.9. The Kier molecular flexibility index (Phi) is 4.99. The minimum Gasteiger partial charge on any atom is -0.508 e. The van der Waals surface area contributed by atoms with Gasteiger partial charge >= 0.3 is 0 Å². The van der Waals surface area contributed by atoms with E-state index in [1.165, 1.54) is 5.39 Å². The Bertz CT molecular complexity index is 566. The van der Waals surface area contributed by atoms with Gasteiger partial charge in [-0.25, -0.2) is 0 Å². The van der Waals surface area contributed by atoms with Crippen LogP contribution in [0.1, 0.15) is 18.9 Å². The van der Waals surface area contributed by atoms with Crippen LogP contribution in [0.4, 0.5) is 0 Å². The highest BCUT2D eigenvalue weighted by atomic mass is 16.3. The predicted molar refractivity (Wildman–Crippen MR) is 85.1 cm³/mol. The van der Waals surface area contributed by atoms with E-state index in [2.05, 4.69) is 43.4 Å². The number of phenols is 1. The van der Waals surface area contributed by atoms with Crippen molar-refractivity contribution in [3.63, 3.8) is 0 Å². The predicted octanol–water partition coefficient (Wildman–Crippen LogP) is 2.98. The number of nitrogens with one attached hydrogen (secondary N) is 1. The van der Waals surface area contributed by atoms with Crippen LogP contribution in [0.5, 0.6) is 5.75 Å². The van der Waals surface area contributed by atoms with E-state index < -0.39 is 0 Å². The maximum absolute atomic E-state index is 10.1. The Labute approximate surface area is 121 Å². The van der Waals surface area contributed by atoms with Gasteiger partial charge < -0.3 is 15.3 Å². The number of nitrogens with zero attached hydrogens (tertiary/aromatic N) is 1. The van der Waals surface area contributed by atoms with Crippen molar-refractivity contribution in [1.82, 2.24) is 10.2 Å². The summed E-state index contributed by atoms with van der Waals surface area (Å²) in [5.41, 5.74) is 0.986. The molecule has 1 unspecified atom stereocenters. The molecule has 1 atom stereocenters. The molecule has 2 aromatic rings. The van der Waals surface area contributed by atoms with Crippen LogP contribution in [0.25, 0.3) is 10.8 Å². The molecular formula is C17H24N2O. The second kappa shape index (κ2) is 6.73. The molecule has 0 radical (unpaired) electrons. The van der Waals surface area contributed by atoms with Gasteiger partial charge in [-0.3, -0.25) is 0 Å². The van der Waals surface area contributed by atoms with Gasteiger partial charge in [0.1, 0.15) is 5.75 Å². The Morgan fingerprint density at radius 3 is 2.65 bits per heavy atom. The van der Waals surface area contributed by atoms with Crippen molar-refractivity contribution >= 4 is 10.8 Å². The van der Waals surface area contributed by atoms with Crippen molar-refractivity contribution in [2.24, 2.45) is 0 Å². The minimum absolute atomic E-state index is 0.371. The van der Waals surface area contributed by atoms with E-state index >= 15 is 0 Å². The maximum atomic E-state index is 10.1. The number of aromatic hydroxyl groups is 1. The molecule has 0 fully saturated rings. The number of hydrogen-bond donors (Lipinski definition) is 2. The van der Waals surface area contributed by atoms with Crippen molar-refractivity contribution in [2.45, 2.75) is 25.9 Å². The van der Waals surface area contributed by atoms with E-state index in [1.807, 2.05) is 18.2 Å². The molecule has 0 amide bonds. The molecule has 20 heavy (non-hydrogen) atoms. The zero-order valence-corrected chi connectivity index (χ0v) is 12.6. The third-order valence-electron chi connectivity index (χ3n) is 3.65. The highest BCUT2D eigenvalue weighted by molar-refractivity contribution is 5.87. The summed E-state index contributed by atoms with van der Waals surface area (Å²) in [4.78, 5) is 2.19. The van der Waals surface area contributed by atoms with E-state index in [4.69, 9.17) is 0 Å². The standard InChI is InChI=1S/C17H24N2O/c1-13(10-11-19(2)3)18-12-16-15-7-5-4-6-14(15)8-9-17(16)20/h4-9,13,18,20H,10-12H2,1-3H3. The number of fused-ring (bicyclic) bond motifs is 1. The quantitative estimate of drug-likeness (QED) is 0.848. The van der Waals surface area contributed by atoms with Crippen LogP contribution in [-0.2, 0) is 6.54 Å². The summed E-state index contributed by atoms with van der Waals surface area (Å²) in [6, 6.07) is 12.4. The van der Waals surface area contributed by atoms with Gasteiger partial charge in [-0.05, 0) is 50.8 Å². The molecule has 2 N–H and O–H groups in total. The third-order valence-corrected chi connectivity index (χ3v) is 3.65. The van der Waals surface area contributed by atoms with Crippen molar-refractivity contribution in [3.8, 4) is 5.75 Å². The van der Waals surface area contributed by atoms with E-state index in [1.54, 1.807) is 6.07 Å². The molecule has 0 spiro atoms. The number of benzene rings is 2. The summed E-state index contributed by atoms with van der Waals surface area (Å²) in [5.74, 6) is 0.371. The van der Waals surface area contributed by atoms with Crippen molar-refractivity contribution in [2.75, 3.05) is 20.6 Å². The molecule has 0 bridgehead atoms. The lowest BCUT2D eigenvalue weighted by Crippen LogP contribution is -2.29. The lowest BCUT2D eigenvalue weighted by atomic mass is 10.0. The number of hydrogen-bond acceptors (Lipinski definition) is 3. The monoisotopic (exact) mass is 272 g/mol. The van der Waals surface area contributed by atoms with Crippen LogP contribution in [0.15, 0.2) is 36.4 Å². The van der Waals surface area contributed by atoms with E-state index in [0.29, 0.717) is 18.3 Å². The van der Waals surface area contributed by atoms with E-state index in [-0.39, 0.29) is 0 Å². The zero-order chi connectivity index (χ0) is 14.5. The molecule has 0 aliphatic rings. The first-order valence-corrected chi connectivity index (χ1v) is 7.15. The molecule has 2 aromatic carbocycles. The average Bonchev–Trinajstić information content (AvgIpc) is 2.44. The van der Waals surface area contributed by atoms with Crippen LogP contribution in [-0.4, -0.2) is 36.7 Å². The van der Waals surface area contributed by atoms with Gasteiger partial charge in [0.15, 0.2) is 0 Å². The van der Waals surface area contributed by atoms with Crippen LogP contribution in [0.2, 0.25) is 0 Å². The number of rotatable bonds is 6. The highest BCUT2D eigenvalue weighted by Gasteiger charge is 2.08. The zero-order valence-electron chi connectivity index (χ0n) is 12.6. The molecule has 108 valence electrons. The molecule has 0 aromatic heterocycles. The molecule has 2 rings (SSSR count). The first-order chi connectivity index (χ1) is 9.58. The van der Waals surface area contributed by atoms with Crippen molar-refractivity contribution in [1.29, 1.82) is 0 Å². The van der Waals surface area contributed by atoms with E-state index in [9.17, 15) is 5.11 Å².